The Balaban J connectivity index is 1.77. The predicted octanol–water partition coefficient (Wildman–Crippen LogP) is 3.14. The highest BCUT2D eigenvalue weighted by molar-refractivity contribution is 5.94. The van der Waals surface area contributed by atoms with Crippen LogP contribution >= 0.6 is 0 Å². The van der Waals surface area contributed by atoms with Crippen LogP contribution in [0.15, 0.2) is 48.5 Å². The van der Waals surface area contributed by atoms with E-state index >= 15 is 0 Å². The summed E-state index contributed by atoms with van der Waals surface area (Å²) in [5, 5.41) is 5.88. The summed E-state index contributed by atoms with van der Waals surface area (Å²) in [7, 11) is 1.72. The summed E-state index contributed by atoms with van der Waals surface area (Å²) < 4.78 is 10.8. The third kappa shape index (κ3) is 6.92. The summed E-state index contributed by atoms with van der Waals surface area (Å²) >= 11 is 0. The second-order valence-corrected chi connectivity index (χ2v) is 6.10. The first kappa shape index (κ1) is 21.2. The molecule has 28 heavy (non-hydrogen) atoms. The highest BCUT2D eigenvalue weighted by Gasteiger charge is 2.06. The summed E-state index contributed by atoms with van der Waals surface area (Å²) in [6.07, 6.45) is 0. The first-order valence-corrected chi connectivity index (χ1v) is 9.18. The Bertz CT molecular complexity index is 760. The number of amides is 2. The van der Waals surface area contributed by atoms with Gasteiger partial charge in [0.25, 0.3) is 0 Å². The second kappa shape index (κ2) is 10.9. The summed E-state index contributed by atoms with van der Waals surface area (Å²) in [5.74, 6) is 0.534. The number of rotatable bonds is 10. The highest BCUT2D eigenvalue weighted by Crippen LogP contribution is 2.17. The summed E-state index contributed by atoms with van der Waals surface area (Å²) in [6.45, 7) is 5.29. The number of anilines is 3. The van der Waals surface area contributed by atoms with Crippen LogP contribution < -0.4 is 20.3 Å². The van der Waals surface area contributed by atoms with Crippen molar-refractivity contribution in [2.45, 2.75) is 13.8 Å². The number of carbonyl (C=O) groups excluding carboxylic acids is 2. The normalized spacial score (nSPS) is 10.2. The number of hydrogen-bond acceptors (Lipinski definition) is 5. The predicted molar refractivity (Wildman–Crippen MR) is 111 cm³/mol. The fourth-order valence-electron chi connectivity index (χ4n) is 2.37. The van der Waals surface area contributed by atoms with Crippen LogP contribution in [-0.4, -0.2) is 45.2 Å². The minimum Gasteiger partial charge on any atom is -0.491 e. The molecule has 0 atom stereocenters. The lowest BCUT2D eigenvalue weighted by Crippen LogP contribution is -2.23. The Morgan fingerprint density at radius 1 is 0.964 bits per heavy atom. The first-order chi connectivity index (χ1) is 13.5. The molecule has 0 bridgehead atoms. The molecule has 0 heterocycles. The van der Waals surface area contributed by atoms with Gasteiger partial charge in [0.15, 0.2) is 0 Å². The Morgan fingerprint density at radius 2 is 1.61 bits per heavy atom. The van der Waals surface area contributed by atoms with Gasteiger partial charge in [-0.05, 0) is 55.5 Å². The van der Waals surface area contributed by atoms with E-state index in [1.54, 1.807) is 36.2 Å². The summed E-state index contributed by atoms with van der Waals surface area (Å²) in [6, 6.07) is 14.5. The van der Waals surface area contributed by atoms with Crippen LogP contribution in [-0.2, 0) is 14.3 Å². The molecule has 150 valence electrons. The van der Waals surface area contributed by atoms with Crippen LogP contribution in [0.3, 0.4) is 0 Å². The van der Waals surface area contributed by atoms with Crippen molar-refractivity contribution in [3.8, 4) is 5.75 Å². The maximum atomic E-state index is 12.1. The average molecular weight is 385 g/mol. The minimum atomic E-state index is -0.157. The van der Waals surface area contributed by atoms with E-state index < -0.39 is 0 Å². The lowest BCUT2D eigenvalue weighted by atomic mass is 10.2. The average Bonchev–Trinajstić information content (AvgIpc) is 2.70. The molecule has 0 aliphatic heterocycles. The lowest BCUT2D eigenvalue weighted by molar-refractivity contribution is -0.116. The zero-order chi connectivity index (χ0) is 20.4. The van der Waals surface area contributed by atoms with Crippen molar-refractivity contribution in [3.63, 3.8) is 0 Å². The molecule has 2 aromatic rings. The van der Waals surface area contributed by atoms with Crippen molar-refractivity contribution in [2.75, 3.05) is 48.9 Å². The zero-order valence-corrected chi connectivity index (χ0v) is 16.5. The summed E-state index contributed by atoms with van der Waals surface area (Å²) in [5.41, 5.74) is 2.29. The Hall–Kier alpha value is -3.06. The van der Waals surface area contributed by atoms with E-state index in [1.165, 1.54) is 6.92 Å². The second-order valence-electron chi connectivity index (χ2n) is 6.10. The molecule has 7 nitrogen and oxygen atoms in total. The van der Waals surface area contributed by atoms with E-state index in [0.29, 0.717) is 25.5 Å². The van der Waals surface area contributed by atoms with E-state index in [2.05, 4.69) is 10.6 Å². The quantitative estimate of drug-likeness (QED) is 0.614. The number of nitrogens with one attached hydrogen (secondary N) is 2. The molecular formula is C21H27N3O4. The largest absolute Gasteiger partial charge is 0.491 e. The monoisotopic (exact) mass is 385 g/mol. The Labute approximate surface area is 165 Å². The van der Waals surface area contributed by atoms with Crippen molar-refractivity contribution in [1.29, 1.82) is 0 Å². The van der Waals surface area contributed by atoms with Crippen molar-refractivity contribution in [2.24, 2.45) is 0 Å². The molecule has 0 aliphatic carbocycles. The number of nitrogens with zero attached hydrogens (tertiary/aromatic N) is 1. The Morgan fingerprint density at radius 3 is 2.21 bits per heavy atom. The van der Waals surface area contributed by atoms with Gasteiger partial charge in [-0.3, -0.25) is 9.59 Å². The van der Waals surface area contributed by atoms with Crippen molar-refractivity contribution in [1.82, 2.24) is 0 Å². The third-order valence-electron chi connectivity index (χ3n) is 4.02. The molecule has 0 aliphatic rings. The van der Waals surface area contributed by atoms with Crippen LogP contribution in [0.2, 0.25) is 0 Å². The van der Waals surface area contributed by atoms with Crippen LogP contribution in [0.4, 0.5) is 17.1 Å². The molecule has 0 unspecified atom stereocenters. The molecule has 2 amide bonds. The number of carbonyl (C=O) groups is 2. The highest BCUT2D eigenvalue weighted by atomic mass is 16.5. The molecule has 0 saturated carbocycles. The topological polar surface area (TPSA) is 79.9 Å². The molecule has 0 fully saturated rings. The number of ether oxygens (including phenoxy) is 2. The fraction of sp³-hybridized carbons (Fsp3) is 0.333. The standard InChI is InChI=1S/C21H27N3O4/c1-4-27-13-14-28-20-11-7-18(8-12-20)23-21(26)15-22-17-5-9-19(10-6-17)24(3)16(2)25/h5-12,22H,4,13-15H2,1-3H3,(H,23,26). The van der Waals surface area contributed by atoms with Gasteiger partial charge in [-0.2, -0.15) is 0 Å². The van der Waals surface area contributed by atoms with E-state index in [-0.39, 0.29) is 18.4 Å². The van der Waals surface area contributed by atoms with Gasteiger partial charge < -0.3 is 25.0 Å². The molecule has 0 aromatic heterocycles. The molecule has 0 radical (unpaired) electrons. The van der Waals surface area contributed by atoms with Gasteiger partial charge in [0.1, 0.15) is 12.4 Å². The molecule has 0 spiro atoms. The lowest BCUT2D eigenvalue weighted by Gasteiger charge is -2.15. The van der Waals surface area contributed by atoms with Gasteiger partial charge in [-0.1, -0.05) is 0 Å². The molecule has 2 N–H and O–H groups in total. The molecule has 2 aromatic carbocycles. The van der Waals surface area contributed by atoms with Crippen molar-refractivity contribution in [3.05, 3.63) is 48.5 Å². The van der Waals surface area contributed by atoms with E-state index in [9.17, 15) is 9.59 Å². The van der Waals surface area contributed by atoms with Crippen LogP contribution in [0.1, 0.15) is 13.8 Å². The van der Waals surface area contributed by atoms with Crippen LogP contribution in [0.25, 0.3) is 0 Å². The van der Waals surface area contributed by atoms with E-state index in [4.69, 9.17) is 9.47 Å². The zero-order valence-electron chi connectivity index (χ0n) is 16.5. The molecule has 0 saturated heterocycles. The number of hydrogen-bond donors (Lipinski definition) is 2. The molecule has 7 heteroatoms. The summed E-state index contributed by atoms with van der Waals surface area (Å²) in [4.78, 5) is 25.0. The first-order valence-electron chi connectivity index (χ1n) is 9.18. The smallest absolute Gasteiger partial charge is 0.243 e. The third-order valence-corrected chi connectivity index (χ3v) is 4.02. The number of benzene rings is 2. The van der Waals surface area contributed by atoms with Gasteiger partial charge in [-0.25, -0.2) is 0 Å². The molecule has 2 rings (SSSR count). The van der Waals surface area contributed by atoms with Crippen molar-refractivity contribution < 1.29 is 19.1 Å². The van der Waals surface area contributed by atoms with Crippen LogP contribution in [0.5, 0.6) is 5.75 Å². The molecular weight excluding hydrogens is 358 g/mol. The maximum absolute atomic E-state index is 12.1. The van der Waals surface area contributed by atoms with Gasteiger partial charge in [0, 0.05) is 37.6 Å². The van der Waals surface area contributed by atoms with Crippen LogP contribution in [0, 0.1) is 0 Å². The Kier molecular flexibility index (Phi) is 8.30. The minimum absolute atomic E-state index is 0.0363. The van der Waals surface area contributed by atoms with Gasteiger partial charge in [0.05, 0.1) is 13.2 Å². The van der Waals surface area contributed by atoms with Gasteiger partial charge in [-0.15, -0.1) is 0 Å². The van der Waals surface area contributed by atoms with Gasteiger partial charge >= 0.3 is 0 Å². The fourth-order valence-corrected chi connectivity index (χ4v) is 2.37. The van der Waals surface area contributed by atoms with Crippen molar-refractivity contribution >= 4 is 28.9 Å². The van der Waals surface area contributed by atoms with E-state index in [0.717, 1.165) is 17.1 Å². The maximum Gasteiger partial charge on any atom is 0.243 e. The van der Waals surface area contributed by atoms with E-state index in [1.807, 2.05) is 31.2 Å². The van der Waals surface area contributed by atoms with Gasteiger partial charge in [0.2, 0.25) is 11.8 Å². The SMILES string of the molecule is CCOCCOc1ccc(NC(=O)CNc2ccc(N(C)C(C)=O)cc2)cc1.